The molecule has 1 aromatic carbocycles. The topological polar surface area (TPSA) is 75.1 Å². The number of fused-ring (bicyclic) bond motifs is 1. The molecule has 2 aliphatic heterocycles. The van der Waals surface area contributed by atoms with Gasteiger partial charge in [0.1, 0.15) is 0 Å². The first kappa shape index (κ1) is 18.0. The summed E-state index contributed by atoms with van der Waals surface area (Å²) in [6.07, 6.45) is 3.12. The molecular weight excluding hydrogens is 340 g/mol. The average Bonchev–Trinajstić information content (AvgIpc) is 3.30. The number of amides is 1. The molecule has 3 heterocycles. The highest BCUT2D eigenvalue weighted by Gasteiger charge is 2.25. The van der Waals surface area contributed by atoms with Gasteiger partial charge in [0.2, 0.25) is 0 Å². The quantitative estimate of drug-likeness (QED) is 0.840. The zero-order chi connectivity index (χ0) is 18.8. The van der Waals surface area contributed by atoms with Crippen LogP contribution >= 0.6 is 0 Å². The molecule has 1 saturated heterocycles. The Morgan fingerprint density at radius 1 is 1.33 bits per heavy atom. The number of aromatic nitrogens is 3. The van der Waals surface area contributed by atoms with E-state index in [1.807, 2.05) is 11.6 Å². The molecule has 1 unspecified atom stereocenters. The molecule has 0 saturated carbocycles. The lowest BCUT2D eigenvalue weighted by Crippen LogP contribution is -2.41. The van der Waals surface area contributed by atoms with E-state index in [-0.39, 0.29) is 11.9 Å². The summed E-state index contributed by atoms with van der Waals surface area (Å²) >= 11 is 0. The molecule has 0 bridgehead atoms. The Kier molecular flexibility index (Phi) is 5.11. The number of carbonyl (C=O) groups excluding carboxylic acids is 1. The van der Waals surface area contributed by atoms with Crippen molar-refractivity contribution in [1.82, 2.24) is 25.6 Å². The standard InChI is InChI=1S/C20H28N6O/c1-14(25-12-9-16-5-3-4-6-18(16)25)13-22-20(27)19-15(2)26(24-23-19)17-7-10-21-11-8-17/h3-6,14,17,21H,7-13H2,1-2H3,(H,22,27). The third-order valence-corrected chi connectivity index (χ3v) is 5.81. The predicted octanol–water partition coefficient (Wildman–Crippen LogP) is 1.69. The maximum atomic E-state index is 12.7. The Labute approximate surface area is 160 Å². The summed E-state index contributed by atoms with van der Waals surface area (Å²) in [5.74, 6) is -0.132. The molecule has 4 rings (SSSR count). The zero-order valence-corrected chi connectivity index (χ0v) is 16.1. The van der Waals surface area contributed by atoms with Crippen molar-refractivity contribution in [3.05, 3.63) is 41.2 Å². The van der Waals surface area contributed by atoms with Crippen LogP contribution in [0.1, 0.15) is 47.6 Å². The smallest absolute Gasteiger partial charge is 0.273 e. The van der Waals surface area contributed by atoms with Gasteiger partial charge in [0.15, 0.2) is 5.69 Å². The highest BCUT2D eigenvalue weighted by Crippen LogP contribution is 2.29. The van der Waals surface area contributed by atoms with Crippen LogP contribution in [0, 0.1) is 6.92 Å². The minimum Gasteiger partial charge on any atom is -0.366 e. The van der Waals surface area contributed by atoms with Crippen molar-refractivity contribution in [2.75, 3.05) is 31.1 Å². The number of anilines is 1. The molecule has 7 nitrogen and oxygen atoms in total. The lowest BCUT2D eigenvalue weighted by Gasteiger charge is -2.27. The van der Waals surface area contributed by atoms with E-state index in [9.17, 15) is 4.79 Å². The Morgan fingerprint density at radius 3 is 2.93 bits per heavy atom. The SMILES string of the molecule is Cc1c(C(=O)NCC(C)N2CCc3ccccc32)nnn1C1CCNCC1. The first-order valence-electron chi connectivity index (χ1n) is 9.90. The van der Waals surface area contributed by atoms with Crippen LogP contribution in [-0.2, 0) is 6.42 Å². The fraction of sp³-hybridized carbons (Fsp3) is 0.550. The van der Waals surface area contributed by atoms with Gasteiger partial charge < -0.3 is 15.5 Å². The van der Waals surface area contributed by atoms with Gasteiger partial charge in [-0.2, -0.15) is 0 Å². The fourth-order valence-corrected chi connectivity index (χ4v) is 4.20. The van der Waals surface area contributed by atoms with Crippen LogP contribution in [0.2, 0.25) is 0 Å². The van der Waals surface area contributed by atoms with Crippen molar-refractivity contribution >= 4 is 11.6 Å². The normalized spacial score (nSPS) is 18.4. The molecule has 2 aliphatic rings. The molecule has 2 N–H and O–H groups in total. The van der Waals surface area contributed by atoms with Crippen molar-refractivity contribution in [1.29, 1.82) is 0 Å². The number of para-hydroxylation sites is 1. The van der Waals surface area contributed by atoms with Gasteiger partial charge in [0.25, 0.3) is 5.91 Å². The lowest BCUT2D eigenvalue weighted by atomic mass is 10.1. The van der Waals surface area contributed by atoms with Gasteiger partial charge in [0, 0.05) is 24.8 Å². The second-order valence-electron chi connectivity index (χ2n) is 7.58. The molecule has 27 heavy (non-hydrogen) atoms. The second-order valence-corrected chi connectivity index (χ2v) is 7.58. The van der Waals surface area contributed by atoms with Crippen molar-refractivity contribution in [2.45, 2.75) is 45.2 Å². The number of hydrogen-bond acceptors (Lipinski definition) is 5. The maximum Gasteiger partial charge on any atom is 0.273 e. The minimum absolute atomic E-state index is 0.132. The molecule has 2 aromatic rings. The van der Waals surface area contributed by atoms with Crippen LogP contribution in [0.4, 0.5) is 5.69 Å². The van der Waals surface area contributed by atoms with Crippen molar-refractivity contribution in [2.24, 2.45) is 0 Å². The summed E-state index contributed by atoms with van der Waals surface area (Å²) in [6, 6.07) is 9.07. The number of hydrogen-bond donors (Lipinski definition) is 2. The van der Waals surface area contributed by atoms with E-state index in [1.165, 1.54) is 11.3 Å². The molecule has 144 valence electrons. The van der Waals surface area contributed by atoms with Crippen LogP contribution < -0.4 is 15.5 Å². The fourth-order valence-electron chi connectivity index (χ4n) is 4.20. The molecule has 1 fully saturated rings. The minimum atomic E-state index is -0.132. The number of nitrogens with one attached hydrogen (secondary N) is 2. The van der Waals surface area contributed by atoms with E-state index in [0.717, 1.165) is 44.6 Å². The third-order valence-electron chi connectivity index (χ3n) is 5.81. The Bertz CT molecular complexity index is 811. The van der Waals surface area contributed by atoms with Crippen molar-refractivity contribution < 1.29 is 4.79 Å². The summed E-state index contributed by atoms with van der Waals surface area (Å²) in [7, 11) is 0. The van der Waals surface area contributed by atoms with Gasteiger partial charge in [-0.05, 0) is 57.8 Å². The van der Waals surface area contributed by atoms with Crippen LogP contribution in [0.15, 0.2) is 24.3 Å². The van der Waals surface area contributed by atoms with E-state index in [2.05, 4.69) is 57.0 Å². The molecular formula is C20H28N6O. The number of rotatable bonds is 5. The maximum absolute atomic E-state index is 12.7. The summed E-state index contributed by atoms with van der Waals surface area (Å²) in [6.45, 7) is 7.66. The lowest BCUT2D eigenvalue weighted by molar-refractivity contribution is 0.0945. The van der Waals surface area contributed by atoms with Gasteiger partial charge >= 0.3 is 0 Å². The molecule has 1 amide bonds. The van der Waals surface area contributed by atoms with E-state index in [4.69, 9.17) is 0 Å². The first-order valence-corrected chi connectivity index (χ1v) is 9.90. The Balaban J connectivity index is 1.38. The van der Waals surface area contributed by atoms with Crippen LogP contribution in [0.5, 0.6) is 0 Å². The summed E-state index contributed by atoms with van der Waals surface area (Å²) < 4.78 is 1.93. The first-order chi connectivity index (χ1) is 13.1. The Morgan fingerprint density at radius 2 is 2.11 bits per heavy atom. The highest BCUT2D eigenvalue weighted by atomic mass is 16.2. The molecule has 0 spiro atoms. The number of nitrogens with zero attached hydrogens (tertiary/aromatic N) is 4. The summed E-state index contributed by atoms with van der Waals surface area (Å²) in [5.41, 5.74) is 3.98. The van der Waals surface area contributed by atoms with Crippen LogP contribution in [0.25, 0.3) is 0 Å². The van der Waals surface area contributed by atoms with E-state index >= 15 is 0 Å². The van der Waals surface area contributed by atoms with Gasteiger partial charge in [-0.15, -0.1) is 5.10 Å². The predicted molar refractivity (Wildman–Crippen MR) is 105 cm³/mol. The monoisotopic (exact) mass is 368 g/mol. The summed E-state index contributed by atoms with van der Waals surface area (Å²) in [4.78, 5) is 15.0. The number of carbonyl (C=O) groups is 1. The van der Waals surface area contributed by atoms with Gasteiger partial charge in [-0.25, -0.2) is 4.68 Å². The molecule has 1 atom stereocenters. The van der Waals surface area contributed by atoms with E-state index in [1.54, 1.807) is 0 Å². The highest BCUT2D eigenvalue weighted by molar-refractivity contribution is 5.93. The zero-order valence-electron chi connectivity index (χ0n) is 16.1. The molecule has 7 heteroatoms. The van der Waals surface area contributed by atoms with Gasteiger partial charge in [-0.3, -0.25) is 4.79 Å². The Hall–Kier alpha value is -2.41. The third kappa shape index (κ3) is 3.56. The molecule has 1 aromatic heterocycles. The number of piperidine rings is 1. The summed E-state index contributed by atoms with van der Waals surface area (Å²) in [5, 5.41) is 14.8. The molecule has 0 aliphatic carbocycles. The van der Waals surface area contributed by atoms with Crippen LogP contribution in [-0.4, -0.2) is 53.1 Å². The van der Waals surface area contributed by atoms with Crippen LogP contribution in [0.3, 0.4) is 0 Å². The van der Waals surface area contributed by atoms with E-state index < -0.39 is 0 Å². The van der Waals surface area contributed by atoms with E-state index in [0.29, 0.717) is 18.3 Å². The largest absolute Gasteiger partial charge is 0.366 e. The van der Waals surface area contributed by atoms with Gasteiger partial charge in [-0.1, -0.05) is 23.4 Å². The van der Waals surface area contributed by atoms with Crippen molar-refractivity contribution in [3.63, 3.8) is 0 Å². The molecule has 0 radical (unpaired) electrons. The van der Waals surface area contributed by atoms with Crippen molar-refractivity contribution in [3.8, 4) is 0 Å². The average molecular weight is 368 g/mol. The second kappa shape index (κ2) is 7.68. The number of benzene rings is 1. The van der Waals surface area contributed by atoms with Gasteiger partial charge in [0.05, 0.1) is 11.7 Å².